The summed E-state index contributed by atoms with van der Waals surface area (Å²) in [6, 6.07) is 23.1. The lowest BCUT2D eigenvalue weighted by Crippen LogP contribution is -2.34. The lowest BCUT2D eigenvalue weighted by molar-refractivity contribution is 0.0944. The number of carbonyl (C=O) groups is 1. The average Bonchev–Trinajstić information content (AvgIpc) is 2.83. The Labute approximate surface area is 190 Å². The van der Waals surface area contributed by atoms with E-state index in [-0.39, 0.29) is 36.4 Å². The van der Waals surface area contributed by atoms with E-state index in [1.165, 1.54) is 27.6 Å². The number of nitrogens with zero attached hydrogens (tertiary/aromatic N) is 4. The quantitative estimate of drug-likeness (QED) is 0.474. The van der Waals surface area contributed by atoms with Gasteiger partial charge in [-0.25, -0.2) is 9.36 Å². The highest BCUT2D eigenvalue weighted by atomic mass is 16.2. The molecule has 4 aromatic rings. The summed E-state index contributed by atoms with van der Waals surface area (Å²) in [4.78, 5) is 36.9. The van der Waals surface area contributed by atoms with Crippen LogP contribution in [0.5, 0.6) is 0 Å². The molecule has 166 valence electrons. The first-order chi connectivity index (χ1) is 16.0. The predicted molar refractivity (Wildman–Crippen MR) is 125 cm³/mol. The molecular weight excluding hydrogens is 418 g/mol. The van der Waals surface area contributed by atoms with Gasteiger partial charge in [0.1, 0.15) is 5.69 Å². The molecule has 0 spiro atoms. The molecule has 8 heteroatoms. The number of rotatable bonds is 7. The van der Waals surface area contributed by atoms with E-state index in [4.69, 9.17) is 0 Å². The molecule has 0 aliphatic rings. The summed E-state index contributed by atoms with van der Waals surface area (Å²) in [6.07, 6.45) is 0. The van der Waals surface area contributed by atoms with Gasteiger partial charge in [0.2, 0.25) is 0 Å². The molecule has 8 nitrogen and oxygen atoms in total. The van der Waals surface area contributed by atoms with Crippen molar-refractivity contribution in [1.82, 2.24) is 24.9 Å². The number of nitrogens with one attached hydrogen (secondary N) is 1. The van der Waals surface area contributed by atoms with Crippen LogP contribution in [0, 0.1) is 6.92 Å². The highest BCUT2D eigenvalue weighted by molar-refractivity contribution is 5.91. The second-order valence-corrected chi connectivity index (χ2v) is 7.60. The molecule has 2 aromatic heterocycles. The molecule has 0 saturated carbocycles. The Bertz CT molecular complexity index is 1380. The van der Waals surface area contributed by atoms with Crippen molar-refractivity contribution in [3.05, 3.63) is 116 Å². The van der Waals surface area contributed by atoms with Crippen molar-refractivity contribution in [3.63, 3.8) is 0 Å². The number of aromatic nitrogens is 4. The predicted octanol–water partition coefficient (Wildman–Crippen LogP) is 2.25. The zero-order valence-corrected chi connectivity index (χ0v) is 18.1. The summed E-state index contributed by atoms with van der Waals surface area (Å²) in [6.45, 7) is 2.64. The lowest BCUT2D eigenvalue weighted by atomic mass is 10.1. The third kappa shape index (κ3) is 5.48. The molecule has 1 amide bonds. The topological polar surface area (TPSA) is 98.9 Å². The fourth-order valence-electron chi connectivity index (χ4n) is 3.29. The van der Waals surface area contributed by atoms with Gasteiger partial charge in [0.25, 0.3) is 17.0 Å². The summed E-state index contributed by atoms with van der Waals surface area (Å²) in [5, 5.41) is 11.3. The molecule has 0 bridgehead atoms. The van der Waals surface area contributed by atoms with Crippen LogP contribution >= 0.6 is 0 Å². The second-order valence-electron chi connectivity index (χ2n) is 7.60. The summed E-state index contributed by atoms with van der Waals surface area (Å²) in [5.41, 5.74) is 3.18. The molecule has 0 saturated heterocycles. The van der Waals surface area contributed by atoms with Crippen LogP contribution in [0.3, 0.4) is 0 Å². The minimum absolute atomic E-state index is 0.125. The van der Waals surface area contributed by atoms with Gasteiger partial charge in [0.15, 0.2) is 0 Å². The van der Waals surface area contributed by atoms with Crippen molar-refractivity contribution in [2.24, 2.45) is 0 Å². The maximum atomic E-state index is 12.6. The van der Waals surface area contributed by atoms with Gasteiger partial charge in [-0.1, -0.05) is 60.2 Å². The summed E-state index contributed by atoms with van der Waals surface area (Å²) in [5.74, 6) is -0.431. The molecule has 0 atom stereocenters. The third-order valence-electron chi connectivity index (χ3n) is 5.10. The van der Waals surface area contributed by atoms with Crippen LogP contribution in [-0.4, -0.2) is 32.0 Å². The first-order valence-electron chi connectivity index (χ1n) is 10.5. The zero-order valence-electron chi connectivity index (χ0n) is 18.1. The molecule has 4 rings (SSSR count). The highest BCUT2D eigenvalue weighted by Crippen LogP contribution is 2.13. The lowest BCUT2D eigenvalue weighted by Gasteiger charge is -2.10. The van der Waals surface area contributed by atoms with Gasteiger partial charge < -0.3 is 5.32 Å². The minimum atomic E-state index is -0.431. The van der Waals surface area contributed by atoms with Crippen molar-refractivity contribution < 1.29 is 4.79 Å². The smallest absolute Gasteiger partial charge is 0.271 e. The fourth-order valence-corrected chi connectivity index (χ4v) is 3.29. The van der Waals surface area contributed by atoms with Crippen molar-refractivity contribution in [1.29, 1.82) is 0 Å². The van der Waals surface area contributed by atoms with Gasteiger partial charge >= 0.3 is 0 Å². The SMILES string of the molecule is Cc1ccc(Cn2nc(C(=O)NCCn3nc(-c4ccccc4)ccc3=O)ccc2=O)cc1. The van der Waals surface area contributed by atoms with Gasteiger partial charge in [-0.3, -0.25) is 14.4 Å². The van der Waals surface area contributed by atoms with E-state index in [1.54, 1.807) is 6.07 Å². The van der Waals surface area contributed by atoms with Gasteiger partial charge in [-0.2, -0.15) is 10.2 Å². The second kappa shape index (κ2) is 9.86. The van der Waals surface area contributed by atoms with E-state index in [9.17, 15) is 14.4 Å². The van der Waals surface area contributed by atoms with Gasteiger partial charge in [0, 0.05) is 24.2 Å². The standard InChI is InChI=1S/C25H23N5O3/c1-18-7-9-19(10-8-18)17-30-24(32)14-12-22(28-30)25(33)26-15-16-29-23(31)13-11-21(27-29)20-5-3-2-4-6-20/h2-14H,15-17H2,1H3,(H,26,33). The molecule has 33 heavy (non-hydrogen) atoms. The van der Waals surface area contributed by atoms with E-state index in [0.717, 1.165) is 16.7 Å². The molecular formula is C25H23N5O3. The van der Waals surface area contributed by atoms with E-state index in [0.29, 0.717) is 5.69 Å². The number of aryl methyl sites for hydroxylation is 1. The Kier molecular flexibility index (Phi) is 6.54. The average molecular weight is 441 g/mol. The molecule has 0 aliphatic heterocycles. The summed E-state index contributed by atoms with van der Waals surface area (Å²) < 4.78 is 2.57. The fraction of sp³-hybridized carbons (Fsp3) is 0.160. The van der Waals surface area contributed by atoms with Crippen LogP contribution in [0.4, 0.5) is 0 Å². The van der Waals surface area contributed by atoms with E-state index < -0.39 is 5.91 Å². The van der Waals surface area contributed by atoms with Crippen LogP contribution in [0.25, 0.3) is 11.3 Å². The number of benzene rings is 2. The van der Waals surface area contributed by atoms with Crippen LogP contribution in [0.1, 0.15) is 21.6 Å². The number of amides is 1. The first-order valence-corrected chi connectivity index (χ1v) is 10.5. The molecule has 2 heterocycles. The van der Waals surface area contributed by atoms with Crippen LogP contribution in [0.15, 0.2) is 88.5 Å². The molecule has 2 aromatic carbocycles. The third-order valence-corrected chi connectivity index (χ3v) is 5.10. The number of hydrogen-bond donors (Lipinski definition) is 1. The molecule has 0 radical (unpaired) electrons. The van der Waals surface area contributed by atoms with Gasteiger partial charge in [-0.05, 0) is 24.6 Å². The molecule has 0 fully saturated rings. The van der Waals surface area contributed by atoms with Crippen LogP contribution in [0.2, 0.25) is 0 Å². The summed E-state index contributed by atoms with van der Waals surface area (Å²) in [7, 11) is 0. The molecule has 0 unspecified atom stereocenters. The van der Waals surface area contributed by atoms with Gasteiger partial charge in [0.05, 0.1) is 18.8 Å². The summed E-state index contributed by atoms with van der Waals surface area (Å²) >= 11 is 0. The van der Waals surface area contributed by atoms with Crippen molar-refractivity contribution in [2.75, 3.05) is 6.54 Å². The Balaban J connectivity index is 1.42. The van der Waals surface area contributed by atoms with Crippen molar-refractivity contribution in [2.45, 2.75) is 20.0 Å². The Morgan fingerprint density at radius 3 is 2.27 bits per heavy atom. The highest BCUT2D eigenvalue weighted by Gasteiger charge is 2.10. The normalized spacial score (nSPS) is 10.7. The zero-order chi connectivity index (χ0) is 23.2. The minimum Gasteiger partial charge on any atom is -0.349 e. The number of hydrogen-bond acceptors (Lipinski definition) is 5. The van der Waals surface area contributed by atoms with E-state index in [1.807, 2.05) is 61.5 Å². The maximum absolute atomic E-state index is 12.6. The van der Waals surface area contributed by atoms with Crippen molar-refractivity contribution >= 4 is 5.91 Å². The van der Waals surface area contributed by atoms with Crippen molar-refractivity contribution in [3.8, 4) is 11.3 Å². The van der Waals surface area contributed by atoms with Crippen LogP contribution in [-0.2, 0) is 13.1 Å². The number of carbonyl (C=O) groups excluding carboxylic acids is 1. The van der Waals surface area contributed by atoms with E-state index >= 15 is 0 Å². The Morgan fingerprint density at radius 2 is 1.52 bits per heavy atom. The largest absolute Gasteiger partial charge is 0.349 e. The van der Waals surface area contributed by atoms with Gasteiger partial charge in [-0.15, -0.1) is 0 Å². The molecule has 0 aliphatic carbocycles. The van der Waals surface area contributed by atoms with Crippen LogP contribution < -0.4 is 16.4 Å². The Hall–Kier alpha value is -4.33. The first kappa shape index (κ1) is 21.9. The maximum Gasteiger partial charge on any atom is 0.271 e. The monoisotopic (exact) mass is 441 g/mol. The molecule has 1 N–H and O–H groups in total. The van der Waals surface area contributed by atoms with E-state index in [2.05, 4.69) is 15.5 Å². The Morgan fingerprint density at radius 1 is 0.818 bits per heavy atom.